The molecule has 2 aliphatic rings. The second kappa shape index (κ2) is 9.02. The van der Waals surface area contributed by atoms with Gasteiger partial charge >= 0.3 is 0 Å². The van der Waals surface area contributed by atoms with Gasteiger partial charge in [-0.1, -0.05) is 39.0 Å². The summed E-state index contributed by atoms with van der Waals surface area (Å²) in [5.41, 5.74) is 0. The highest BCUT2D eigenvalue weighted by Gasteiger charge is 2.33. The van der Waals surface area contributed by atoms with E-state index in [1.165, 1.54) is 57.8 Å². The lowest BCUT2D eigenvalue weighted by Crippen LogP contribution is -2.44. The summed E-state index contributed by atoms with van der Waals surface area (Å²) in [4.78, 5) is 15.0. The molecule has 0 aromatic heterocycles. The first-order valence-electron chi connectivity index (χ1n) is 9.12. The quantitative estimate of drug-likeness (QED) is 0.606. The van der Waals surface area contributed by atoms with Crippen molar-refractivity contribution in [3.05, 3.63) is 0 Å². The smallest absolute Gasteiger partial charge is 0.225 e. The first-order chi connectivity index (χ1) is 10.3. The molecule has 122 valence electrons. The van der Waals surface area contributed by atoms with E-state index < -0.39 is 0 Å². The van der Waals surface area contributed by atoms with Gasteiger partial charge in [-0.25, -0.2) is 0 Å². The molecule has 0 radical (unpaired) electrons. The summed E-state index contributed by atoms with van der Waals surface area (Å²) in [6.07, 6.45) is 13.7. The fourth-order valence-electron chi connectivity index (χ4n) is 4.21. The number of nitrogens with zero attached hydrogens (tertiary/aromatic N) is 1. The summed E-state index contributed by atoms with van der Waals surface area (Å²) in [6, 6.07) is 0.481. The molecule has 0 spiro atoms. The zero-order valence-corrected chi connectivity index (χ0v) is 14.4. The Morgan fingerprint density at radius 3 is 2.33 bits per heavy atom. The Labute approximate surface area is 135 Å². The minimum absolute atomic E-state index is 0.284. The molecule has 0 bridgehead atoms. The summed E-state index contributed by atoms with van der Waals surface area (Å²) in [6.45, 7) is 3.02. The van der Waals surface area contributed by atoms with E-state index in [2.05, 4.69) is 11.8 Å². The maximum Gasteiger partial charge on any atom is 0.225 e. The molecule has 3 heteroatoms. The van der Waals surface area contributed by atoms with E-state index in [1.54, 1.807) is 0 Å². The summed E-state index contributed by atoms with van der Waals surface area (Å²) in [5.74, 6) is 2.15. The molecule has 2 rings (SSSR count). The Bertz CT molecular complexity index is 306. The molecule has 2 aliphatic carbocycles. The van der Waals surface area contributed by atoms with Gasteiger partial charge in [-0.2, -0.15) is 0 Å². The lowest BCUT2D eigenvalue weighted by atomic mass is 9.79. The largest absolute Gasteiger partial charge is 0.338 e. The second-order valence-electron chi connectivity index (χ2n) is 7.02. The Morgan fingerprint density at radius 2 is 1.76 bits per heavy atom. The molecule has 0 aromatic carbocycles. The van der Waals surface area contributed by atoms with Crippen LogP contribution < -0.4 is 0 Å². The Balaban J connectivity index is 1.83. The predicted octanol–water partition coefficient (Wildman–Crippen LogP) is 4.99. The van der Waals surface area contributed by atoms with Gasteiger partial charge in [0.05, 0.1) is 0 Å². The summed E-state index contributed by atoms with van der Waals surface area (Å²) >= 11 is 5.94. The van der Waals surface area contributed by atoms with Crippen molar-refractivity contribution in [2.75, 3.05) is 12.4 Å². The molecule has 2 saturated carbocycles. The Morgan fingerprint density at radius 1 is 1.10 bits per heavy atom. The van der Waals surface area contributed by atoms with Gasteiger partial charge in [-0.15, -0.1) is 11.6 Å². The highest BCUT2D eigenvalue weighted by Crippen LogP contribution is 2.34. The van der Waals surface area contributed by atoms with Crippen molar-refractivity contribution in [1.82, 2.24) is 4.90 Å². The fraction of sp³-hybridized carbons (Fsp3) is 0.944. The lowest BCUT2D eigenvalue weighted by Gasteiger charge is -2.35. The molecule has 0 aromatic rings. The van der Waals surface area contributed by atoms with Crippen LogP contribution in [0.15, 0.2) is 0 Å². The first kappa shape index (κ1) is 17.1. The van der Waals surface area contributed by atoms with Crippen molar-refractivity contribution in [2.45, 2.75) is 83.6 Å². The molecule has 0 unspecified atom stereocenters. The van der Waals surface area contributed by atoms with Gasteiger partial charge in [0.25, 0.3) is 0 Å². The number of rotatable bonds is 7. The molecule has 2 fully saturated rings. The van der Waals surface area contributed by atoms with Crippen LogP contribution in [-0.4, -0.2) is 29.3 Å². The predicted molar refractivity (Wildman–Crippen MR) is 89.7 cm³/mol. The number of amides is 1. The highest BCUT2D eigenvalue weighted by molar-refractivity contribution is 6.18. The molecule has 21 heavy (non-hydrogen) atoms. The summed E-state index contributed by atoms with van der Waals surface area (Å²) in [7, 11) is 0. The van der Waals surface area contributed by atoms with Gasteiger partial charge in [0.2, 0.25) is 5.91 Å². The van der Waals surface area contributed by atoms with Crippen molar-refractivity contribution < 1.29 is 4.79 Å². The second-order valence-corrected chi connectivity index (χ2v) is 7.40. The molecular formula is C18H32ClNO. The van der Waals surface area contributed by atoms with Crippen LogP contribution in [0.2, 0.25) is 0 Å². The Hall–Kier alpha value is -0.240. The zero-order chi connectivity index (χ0) is 15.1. The fourth-order valence-corrected chi connectivity index (χ4v) is 4.39. The van der Waals surface area contributed by atoms with E-state index in [4.69, 9.17) is 11.6 Å². The van der Waals surface area contributed by atoms with E-state index >= 15 is 0 Å². The van der Waals surface area contributed by atoms with Crippen LogP contribution >= 0.6 is 11.6 Å². The molecule has 0 heterocycles. The van der Waals surface area contributed by atoms with Crippen molar-refractivity contribution in [3.8, 4) is 0 Å². The third-order valence-electron chi connectivity index (χ3n) is 5.54. The lowest BCUT2D eigenvalue weighted by molar-refractivity contribution is -0.138. The van der Waals surface area contributed by atoms with Gasteiger partial charge in [-0.05, 0) is 44.4 Å². The molecular weight excluding hydrogens is 282 g/mol. The van der Waals surface area contributed by atoms with Crippen LogP contribution in [-0.2, 0) is 4.79 Å². The molecule has 0 N–H and O–H groups in total. The van der Waals surface area contributed by atoms with Gasteiger partial charge in [-0.3, -0.25) is 4.79 Å². The van der Waals surface area contributed by atoms with Gasteiger partial charge in [0.1, 0.15) is 0 Å². The van der Waals surface area contributed by atoms with E-state index in [0.717, 1.165) is 25.3 Å². The molecule has 0 atom stereocenters. The van der Waals surface area contributed by atoms with E-state index in [9.17, 15) is 4.79 Å². The van der Waals surface area contributed by atoms with Gasteiger partial charge < -0.3 is 4.90 Å². The highest BCUT2D eigenvalue weighted by atomic mass is 35.5. The first-order valence-corrected chi connectivity index (χ1v) is 9.66. The van der Waals surface area contributed by atoms with E-state index in [-0.39, 0.29) is 5.92 Å². The maximum atomic E-state index is 12.9. The third kappa shape index (κ3) is 4.87. The number of alkyl halides is 1. The van der Waals surface area contributed by atoms with Crippen LogP contribution in [0, 0.1) is 11.8 Å². The topological polar surface area (TPSA) is 20.3 Å². The number of hydrogen-bond acceptors (Lipinski definition) is 1. The minimum Gasteiger partial charge on any atom is -0.338 e. The van der Waals surface area contributed by atoms with Crippen LogP contribution in [0.4, 0.5) is 0 Å². The normalized spacial score (nSPS) is 27.0. The molecule has 2 nitrogen and oxygen atoms in total. The number of hydrogen-bond donors (Lipinski definition) is 0. The van der Waals surface area contributed by atoms with Crippen LogP contribution in [0.25, 0.3) is 0 Å². The van der Waals surface area contributed by atoms with E-state index in [0.29, 0.717) is 17.8 Å². The van der Waals surface area contributed by atoms with Crippen molar-refractivity contribution in [2.24, 2.45) is 11.8 Å². The number of carbonyl (C=O) groups excluding carboxylic acids is 1. The van der Waals surface area contributed by atoms with Crippen LogP contribution in [0.5, 0.6) is 0 Å². The van der Waals surface area contributed by atoms with E-state index in [1.807, 2.05) is 0 Å². The monoisotopic (exact) mass is 313 g/mol. The molecule has 1 amide bonds. The summed E-state index contributed by atoms with van der Waals surface area (Å²) < 4.78 is 0. The number of carbonyl (C=O) groups is 1. The number of unbranched alkanes of at least 4 members (excludes halogenated alkanes) is 1. The molecule has 0 saturated heterocycles. The minimum atomic E-state index is 0.284. The maximum absolute atomic E-state index is 12.9. The van der Waals surface area contributed by atoms with Crippen molar-refractivity contribution in [3.63, 3.8) is 0 Å². The SMILES string of the molecule is CCCCC1CCC(C(=O)N(CCCl)C2CCCC2)CC1. The van der Waals surface area contributed by atoms with Crippen LogP contribution in [0.3, 0.4) is 0 Å². The van der Waals surface area contributed by atoms with Crippen molar-refractivity contribution >= 4 is 17.5 Å². The van der Waals surface area contributed by atoms with Crippen LogP contribution in [0.1, 0.15) is 77.6 Å². The third-order valence-corrected chi connectivity index (χ3v) is 5.70. The standard InChI is InChI=1S/C18H32ClNO/c1-2-3-6-15-9-11-16(12-10-15)18(21)20(14-13-19)17-7-4-5-8-17/h15-17H,2-14H2,1H3. The average Bonchev–Trinajstić information content (AvgIpc) is 3.04. The Kier molecular flexibility index (Phi) is 7.36. The average molecular weight is 314 g/mol. The molecule has 0 aliphatic heterocycles. The van der Waals surface area contributed by atoms with Gasteiger partial charge in [0.15, 0.2) is 0 Å². The van der Waals surface area contributed by atoms with Gasteiger partial charge in [0, 0.05) is 24.4 Å². The summed E-state index contributed by atoms with van der Waals surface area (Å²) in [5, 5.41) is 0. The zero-order valence-electron chi connectivity index (χ0n) is 13.7. The van der Waals surface area contributed by atoms with Crippen molar-refractivity contribution in [1.29, 1.82) is 0 Å². The number of halogens is 1.